The van der Waals surface area contributed by atoms with Gasteiger partial charge in [-0.05, 0) is 56.5 Å². The summed E-state index contributed by atoms with van der Waals surface area (Å²) in [6.07, 6.45) is 1.86. The first-order valence-corrected chi connectivity index (χ1v) is 14.4. The van der Waals surface area contributed by atoms with Crippen LogP contribution in [0.3, 0.4) is 0 Å². The summed E-state index contributed by atoms with van der Waals surface area (Å²) in [4.78, 5) is 22.1. The second kappa shape index (κ2) is 11.1. The topological polar surface area (TPSA) is 65.2 Å². The summed E-state index contributed by atoms with van der Waals surface area (Å²) in [5.74, 6) is 1.14. The maximum atomic E-state index is 14.8. The van der Waals surface area contributed by atoms with Gasteiger partial charge in [0.05, 0.1) is 34.1 Å². The molecule has 0 radical (unpaired) electrons. The number of aryl methyl sites for hydroxylation is 2. The predicted molar refractivity (Wildman–Crippen MR) is 163 cm³/mol. The van der Waals surface area contributed by atoms with E-state index in [0.717, 1.165) is 59.7 Å². The van der Waals surface area contributed by atoms with Crippen molar-refractivity contribution >= 4 is 5.95 Å². The van der Waals surface area contributed by atoms with Crippen molar-refractivity contribution < 1.29 is 4.74 Å². The van der Waals surface area contributed by atoms with Crippen LogP contribution in [0, 0.1) is 13.8 Å². The van der Waals surface area contributed by atoms with Crippen LogP contribution in [0.15, 0.2) is 89.7 Å². The smallest absolute Gasteiger partial charge is 0.267 e. The van der Waals surface area contributed by atoms with Crippen LogP contribution in [-0.4, -0.2) is 32.4 Å². The summed E-state index contributed by atoms with van der Waals surface area (Å²) in [6.45, 7) is 9.89. The molecule has 0 aliphatic carbocycles. The highest BCUT2D eigenvalue weighted by Gasteiger charge is 2.39. The maximum Gasteiger partial charge on any atom is 0.267 e. The van der Waals surface area contributed by atoms with Crippen molar-refractivity contribution in [3.8, 4) is 23.1 Å². The molecule has 0 N–H and O–H groups in total. The third-order valence-electron chi connectivity index (χ3n) is 7.59. The first-order chi connectivity index (χ1) is 20.0. The molecule has 7 nitrogen and oxygen atoms in total. The summed E-state index contributed by atoms with van der Waals surface area (Å²) in [5.41, 5.74) is 5.92. The molecule has 0 saturated carbocycles. The Bertz CT molecular complexity index is 1720. The molecule has 0 spiro atoms. The quantitative estimate of drug-likeness (QED) is 0.207. The summed E-state index contributed by atoms with van der Waals surface area (Å²) >= 11 is 0. The minimum Gasteiger partial charge on any atom is -0.420 e. The van der Waals surface area contributed by atoms with Crippen LogP contribution in [0.4, 0.5) is 5.95 Å². The van der Waals surface area contributed by atoms with Crippen LogP contribution in [0.1, 0.15) is 60.6 Å². The first kappa shape index (κ1) is 26.6. The fraction of sp³-hybridized carbons (Fsp3) is 0.265. The van der Waals surface area contributed by atoms with Crippen LogP contribution in [0.5, 0.6) is 11.8 Å². The number of hydrogen-bond donors (Lipinski definition) is 0. The minimum absolute atomic E-state index is 0.128. The Morgan fingerprint density at radius 3 is 2.02 bits per heavy atom. The first-order valence-electron chi connectivity index (χ1n) is 14.4. The number of anilines is 1. The van der Waals surface area contributed by atoms with E-state index in [9.17, 15) is 4.79 Å². The highest BCUT2D eigenvalue weighted by Crippen LogP contribution is 2.48. The van der Waals surface area contributed by atoms with Crippen molar-refractivity contribution in [3.63, 3.8) is 0 Å². The highest BCUT2D eigenvalue weighted by molar-refractivity contribution is 5.60. The zero-order valence-corrected chi connectivity index (χ0v) is 24.0. The minimum atomic E-state index is -0.387. The number of nitrogens with zero attached hydrogens (tertiary/aromatic N) is 5. The third-order valence-corrected chi connectivity index (χ3v) is 7.59. The molecule has 1 aliphatic rings. The number of rotatable bonds is 8. The maximum absolute atomic E-state index is 14.8. The molecule has 5 aromatic rings. The second-order valence-corrected chi connectivity index (χ2v) is 10.6. The molecule has 1 aliphatic heterocycles. The van der Waals surface area contributed by atoms with E-state index in [-0.39, 0.29) is 11.5 Å². The van der Waals surface area contributed by atoms with E-state index in [2.05, 4.69) is 49.9 Å². The van der Waals surface area contributed by atoms with Crippen molar-refractivity contribution in [2.75, 3.05) is 18.0 Å². The number of fused-ring (bicyclic) bond motifs is 2. The molecule has 2 aromatic heterocycles. The Morgan fingerprint density at radius 1 is 0.805 bits per heavy atom. The summed E-state index contributed by atoms with van der Waals surface area (Å²) < 4.78 is 10.2. The molecule has 0 amide bonds. The van der Waals surface area contributed by atoms with Gasteiger partial charge >= 0.3 is 0 Å². The van der Waals surface area contributed by atoms with Crippen LogP contribution in [-0.2, 0) is 0 Å². The Balaban J connectivity index is 1.67. The van der Waals surface area contributed by atoms with Crippen LogP contribution < -0.4 is 15.2 Å². The van der Waals surface area contributed by atoms with Crippen molar-refractivity contribution in [1.82, 2.24) is 19.3 Å². The molecular weight excluding hydrogens is 510 g/mol. The standard InChI is InChI=1S/C34H35N5O2/c1-5-21-37(22-6-2)34-35-31-30(32(40)38(34)26-13-9-7-10-14-26)29(25-19-17-23(3)18-20-25)28-24(4)36-39(33(28)41-31)27-15-11-8-12-16-27/h7-20,29H,5-6,21-22H2,1-4H3/t29-/m0/s1. The Kier molecular flexibility index (Phi) is 7.18. The Morgan fingerprint density at radius 2 is 1.41 bits per heavy atom. The van der Waals surface area contributed by atoms with Gasteiger partial charge in [-0.2, -0.15) is 10.1 Å². The Hall–Kier alpha value is -4.65. The van der Waals surface area contributed by atoms with E-state index in [1.54, 1.807) is 4.57 Å². The molecule has 3 heterocycles. The molecular formula is C34H35N5O2. The van der Waals surface area contributed by atoms with E-state index in [0.29, 0.717) is 23.3 Å². The molecule has 3 aromatic carbocycles. The van der Waals surface area contributed by atoms with Crippen LogP contribution in [0.25, 0.3) is 11.4 Å². The van der Waals surface area contributed by atoms with Crippen LogP contribution >= 0.6 is 0 Å². The van der Waals surface area contributed by atoms with Gasteiger partial charge in [0.25, 0.3) is 5.56 Å². The molecule has 208 valence electrons. The van der Waals surface area contributed by atoms with E-state index in [1.165, 1.54) is 0 Å². The lowest BCUT2D eigenvalue weighted by Gasteiger charge is -2.31. The van der Waals surface area contributed by atoms with Gasteiger partial charge in [-0.15, -0.1) is 0 Å². The van der Waals surface area contributed by atoms with E-state index >= 15 is 0 Å². The number of hydrogen-bond acceptors (Lipinski definition) is 5. The van der Waals surface area contributed by atoms with Crippen molar-refractivity contribution in [1.29, 1.82) is 0 Å². The second-order valence-electron chi connectivity index (χ2n) is 10.6. The molecule has 7 heteroatoms. The predicted octanol–water partition coefficient (Wildman–Crippen LogP) is 6.95. The van der Waals surface area contributed by atoms with Crippen LogP contribution in [0.2, 0.25) is 0 Å². The number of para-hydroxylation sites is 2. The van der Waals surface area contributed by atoms with Gasteiger partial charge < -0.3 is 9.64 Å². The fourth-order valence-electron chi connectivity index (χ4n) is 5.72. The van der Waals surface area contributed by atoms with Crippen molar-refractivity contribution in [3.05, 3.63) is 123 Å². The van der Waals surface area contributed by atoms with Gasteiger partial charge in [-0.3, -0.25) is 4.79 Å². The zero-order valence-electron chi connectivity index (χ0n) is 24.0. The molecule has 0 bridgehead atoms. The van der Waals surface area contributed by atoms with Gasteiger partial charge in [0.15, 0.2) is 0 Å². The largest absolute Gasteiger partial charge is 0.420 e. The average Bonchev–Trinajstić information content (AvgIpc) is 3.33. The SMILES string of the molecule is CCCN(CCC)c1nc2c(c(=O)n1-c1ccccc1)[C@@H](c1ccc(C)cc1)c1c(C)nn(-c3ccccc3)c1O2. The van der Waals surface area contributed by atoms with Gasteiger partial charge in [0.1, 0.15) is 0 Å². The number of aromatic nitrogens is 4. The van der Waals surface area contributed by atoms with Gasteiger partial charge in [0.2, 0.25) is 17.7 Å². The molecule has 1 atom stereocenters. The number of benzene rings is 3. The van der Waals surface area contributed by atoms with E-state index in [4.69, 9.17) is 14.8 Å². The third kappa shape index (κ3) is 4.71. The van der Waals surface area contributed by atoms with E-state index < -0.39 is 0 Å². The highest BCUT2D eigenvalue weighted by atomic mass is 16.5. The summed E-state index contributed by atoms with van der Waals surface area (Å²) in [5, 5.41) is 4.91. The summed E-state index contributed by atoms with van der Waals surface area (Å²) in [6, 6.07) is 28.1. The molecule has 0 unspecified atom stereocenters. The average molecular weight is 546 g/mol. The lowest BCUT2D eigenvalue weighted by molar-refractivity contribution is 0.399. The number of ether oxygens (including phenoxy) is 1. The monoisotopic (exact) mass is 545 g/mol. The van der Waals surface area contributed by atoms with Gasteiger partial charge in [-0.25, -0.2) is 9.25 Å². The van der Waals surface area contributed by atoms with Gasteiger partial charge in [0, 0.05) is 13.1 Å². The lowest BCUT2D eigenvalue weighted by atomic mass is 9.84. The summed E-state index contributed by atoms with van der Waals surface area (Å²) in [7, 11) is 0. The lowest BCUT2D eigenvalue weighted by Crippen LogP contribution is -2.36. The zero-order chi connectivity index (χ0) is 28.5. The van der Waals surface area contributed by atoms with Crippen molar-refractivity contribution in [2.45, 2.75) is 46.5 Å². The Labute approximate surface area is 240 Å². The van der Waals surface area contributed by atoms with Crippen molar-refractivity contribution in [2.24, 2.45) is 0 Å². The molecule has 41 heavy (non-hydrogen) atoms. The molecule has 0 saturated heterocycles. The normalized spacial score (nSPS) is 13.8. The molecule has 0 fully saturated rings. The molecule has 6 rings (SSSR count). The fourth-order valence-corrected chi connectivity index (χ4v) is 5.72. The van der Waals surface area contributed by atoms with Gasteiger partial charge in [-0.1, -0.05) is 80.1 Å². The van der Waals surface area contributed by atoms with E-state index in [1.807, 2.05) is 72.3 Å².